The van der Waals surface area contributed by atoms with Crippen LogP contribution < -0.4 is 15.5 Å². The van der Waals surface area contributed by atoms with Crippen molar-refractivity contribution in [3.8, 4) is 0 Å². The van der Waals surface area contributed by atoms with Gasteiger partial charge < -0.3 is 20.0 Å². The second kappa shape index (κ2) is 7.44. The molecule has 0 saturated carbocycles. The fourth-order valence-electron chi connectivity index (χ4n) is 3.44. The molecule has 1 saturated heterocycles. The molecule has 3 aromatic rings. The van der Waals surface area contributed by atoms with Gasteiger partial charge in [-0.1, -0.05) is 6.07 Å². The van der Waals surface area contributed by atoms with Crippen LogP contribution in [0.5, 0.6) is 0 Å². The number of nitrogens with one attached hydrogen (secondary N) is 2. The molecule has 3 heterocycles. The van der Waals surface area contributed by atoms with Gasteiger partial charge in [0.1, 0.15) is 17.6 Å². The quantitative estimate of drug-likeness (QED) is 0.651. The van der Waals surface area contributed by atoms with Crippen molar-refractivity contribution in [3.63, 3.8) is 0 Å². The summed E-state index contributed by atoms with van der Waals surface area (Å²) in [6.45, 7) is 3.41. The number of anilines is 2. The van der Waals surface area contributed by atoms with Crippen molar-refractivity contribution in [2.24, 2.45) is 0 Å². The predicted molar refractivity (Wildman–Crippen MR) is 112 cm³/mol. The Morgan fingerprint density at radius 3 is 2.57 bits per heavy atom. The molecule has 0 unspecified atom stereocenters. The van der Waals surface area contributed by atoms with Crippen LogP contribution in [0.25, 0.3) is 0 Å². The Morgan fingerprint density at radius 2 is 1.96 bits per heavy atom. The van der Waals surface area contributed by atoms with Crippen molar-refractivity contribution in [2.45, 2.75) is 25.9 Å². The highest BCUT2D eigenvalue weighted by Gasteiger charge is 2.42. The minimum Gasteiger partial charge on any atom is -0.464 e. The van der Waals surface area contributed by atoms with Gasteiger partial charge in [0, 0.05) is 24.5 Å². The van der Waals surface area contributed by atoms with E-state index < -0.39 is 0 Å². The summed E-state index contributed by atoms with van der Waals surface area (Å²) in [4.78, 5) is 17.8. The van der Waals surface area contributed by atoms with E-state index in [2.05, 4.69) is 15.6 Å². The SMILES string of the molecule is CC(=O)Nc1ccc(N2C(=S)N[C@@H](c3ccccn3)[C@H]2c2ccc(C)o2)cc1. The van der Waals surface area contributed by atoms with Gasteiger partial charge in [0.05, 0.1) is 11.7 Å². The number of rotatable bonds is 4. The van der Waals surface area contributed by atoms with E-state index in [9.17, 15) is 4.79 Å². The number of carbonyl (C=O) groups is 1. The van der Waals surface area contributed by atoms with E-state index in [-0.39, 0.29) is 18.0 Å². The van der Waals surface area contributed by atoms with Crippen molar-refractivity contribution >= 4 is 34.6 Å². The zero-order chi connectivity index (χ0) is 19.7. The van der Waals surface area contributed by atoms with E-state index in [1.54, 1.807) is 6.20 Å². The van der Waals surface area contributed by atoms with E-state index in [1.807, 2.05) is 66.4 Å². The molecule has 142 valence electrons. The summed E-state index contributed by atoms with van der Waals surface area (Å²) in [6, 6.07) is 17.0. The molecule has 1 fully saturated rings. The molecule has 1 amide bonds. The largest absolute Gasteiger partial charge is 0.464 e. The van der Waals surface area contributed by atoms with E-state index in [0.29, 0.717) is 5.11 Å². The molecule has 1 aliphatic heterocycles. The van der Waals surface area contributed by atoms with E-state index in [1.165, 1.54) is 6.92 Å². The van der Waals surface area contributed by atoms with Gasteiger partial charge in [0.2, 0.25) is 5.91 Å². The first-order valence-electron chi connectivity index (χ1n) is 8.97. The van der Waals surface area contributed by atoms with Gasteiger partial charge in [0.25, 0.3) is 0 Å². The number of aryl methyl sites for hydroxylation is 1. The maximum atomic E-state index is 11.3. The number of nitrogens with zero attached hydrogens (tertiary/aromatic N) is 2. The normalized spacial score (nSPS) is 18.8. The summed E-state index contributed by atoms with van der Waals surface area (Å²) in [5.74, 6) is 1.55. The summed E-state index contributed by atoms with van der Waals surface area (Å²) >= 11 is 5.66. The second-order valence-corrected chi connectivity index (χ2v) is 7.06. The van der Waals surface area contributed by atoms with Crippen LogP contribution in [0.15, 0.2) is 65.2 Å². The molecule has 0 bridgehead atoms. The van der Waals surface area contributed by atoms with Gasteiger partial charge in [0.15, 0.2) is 5.11 Å². The summed E-state index contributed by atoms with van der Waals surface area (Å²) in [6.07, 6.45) is 1.77. The minimum atomic E-state index is -0.178. The summed E-state index contributed by atoms with van der Waals surface area (Å²) < 4.78 is 5.97. The Hall–Kier alpha value is -3.19. The predicted octanol–water partition coefficient (Wildman–Crippen LogP) is 4.12. The zero-order valence-corrected chi connectivity index (χ0v) is 16.4. The van der Waals surface area contributed by atoms with Gasteiger partial charge in [-0.3, -0.25) is 9.78 Å². The third kappa shape index (κ3) is 3.48. The van der Waals surface area contributed by atoms with Gasteiger partial charge in [-0.15, -0.1) is 0 Å². The van der Waals surface area contributed by atoms with E-state index in [4.69, 9.17) is 16.6 Å². The molecule has 4 rings (SSSR count). The van der Waals surface area contributed by atoms with Gasteiger partial charge in [-0.2, -0.15) is 0 Å². The highest BCUT2D eigenvalue weighted by molar-refractivity contribution is 7.80. The standard InChI is InChI=1S/C21H20N4O2S/c1-13-6-11-18(27-13)20-19(17-5-3-4-12-22-17)24-21(28)25(20)16-9-7-15(8-10-16)23-14(2)26/h3-12,19-20H,1-2H3,(H,23,26)(H,24,28)/t19-,20+/m0/s1. The topological polar surface area (TPSA) is 70.4 Å². The first-order chi connectivity index (χ1) is 13.5. The Morgan fingerprint density at radius 1 is 1.18 bits per heavy atom. The molecule has 2 N–H and O–H groups in total. The Bertz CT molecular complexity index is 1000. The molecule has 0 spiro atoms. The van der Waals surface area contributed by atoms with Crippen LogP contribution >= 0.6 is 12.2 Å². The highest BCUT2D eigenvalue weighted by atomic mass is 32.1. The zero-order valence-electron chi connectivity index (χ0n) is 15.5. The smallest absolute Gasteiger partial charge is 0.221 e. The number of carbonyl (C=O) groups excluding carboxylic acids is 1. The average Bonchev–Trinajstić information content (AvgIpc) is 3.26. The Balaban J connectivity index is 1.74. The number of aromatic nitrogens is 1. The Kier molecular flexibility index (Phi) is 4.83. The Labute approximate surface area is 168 Å². The second-order valence-electron chi connectivity index (χ2n) is 6.67. The van der Waals surface area contributed by atoms with Crippen molar-refractivity contribution < 1.29 is 9.21 Å². The number of hydrogen-bond acceptors (Lipinski definition) is 4. The number of pyridine rings is 1. The van der Waals surface area contributed by atoms with Gasteiger partial charge in [-0.25, -0.2) is 0 Å². The highest BCUT2D eigenvalue weighted by Crippen LogP contribution is 2.42. The molecule has 0 radical (unpaired) electrons. The fourth-order valence-corrected chi connectivity index (χ4v) is 3.79. The molecule has 28 heavy (non-hydrogen) atoms. The van der Waals surface area contributed by atoms with Crippen molar-refractivity contribution in [2.75, 3.05) is 10.2 Å². The molecular formula is C21H20N4O2S. The summed E-state index contributed by atoms with van der Waals surface area (Å²) in [7, 11) is 0. The van der Waals surface area contributed by atoms with Crippen LogP contribution in [0.4, 0.5) is 11.4 Å². The molecule has 7 heteroatoms. The van der Waals surface area contributed by atoms with Gasteiger partial charge >= 0.3 is 0 Å². The maximum absolute atomic E-state index is 11.3. The minimum absolute atomic E-state index is 0.106. The lowest BCUT2D eigenvalue weighted by Gasteiger charge is -2.26. The monoisotopic (exact) mass is 392 g/mol. The number of amides is 1. The van der Waals surface area contributed by atoms with Crippen molar-refractivity contribution in [1.82, 2.24) is 10.3 Å². The van der Waals surface area contributed by atoms with Gasteiger partial charge in [-0.05, 0) is 67.7 Å². The van der Waals surface area contributed by atoms with Crippen LogP contribution in [0.3, 0.4) is 0 Å². The molecule has 2 aromatic heterocycles. The lowest BCUT2D eigenvalue weighted by molar-refractivity contribution is -0.114. The first-order valence-corrected chi connectivity index (χ1v) is 9.38. The maximum Gasteiger partial charge on any atom is 0.221 e. The number of thiocarbonyl (C=S) groups is 1. The molecule has 0 aliphatic carbocycles. The molecule has 1 aliphatic rings. The van der Waals surface area contributed by atoms with Crippen LogP contribution in [0.2, 0.25) is 0 Å². The van der Waals surface area contributed by atoms with Crippen LogP contribution in [0, 0.1) is 6.92 Å². The molecule has 2 atom stereocenters. The third-order valence-corrected chi connectivity index (χ3v) is 4.93. The van der Waals surface area contributed by atoms with E-state index in [0.717, 1.165) is 28.6 Å². The van der Waals surface area contributed by atoms with Crippen LogP contribution in [0.1, 0.15) is 36.2 Å². The van der Waals surface area contributed by atoms with Crippen LogP contribution in [-0.4, -0.2) is 16.0 Å². The number of furan rings is 1. The van der Waals surface area contributed by atoms with Crippen LogP contribution in [-0.2, 0) is 4.79 Å². The summed E-state index contributed by atoms with van der Waals surface area (Å²) in [5, 5.41) is 6.77. The average molecular weight is 392 g/mol. The molecule has 1 aromatic carbocycles. The molecule has 6 nitrogen and oxygen atoms in total. The summed E-state index contributed by atoms with van der Waals surface area (Å²) in [5.41, 5.74) is 2.53. The lowest BCUT2D eigenvalue weighted by Crippen LogP contribution is -2.29. The fraction of sp³-hybridized carbons (Fsp3) is 0.190. The number of benzene rings is 1. The van der Waals surface area contributed by atoms with E-state index >= 15 is 0 Å². The molecular weight excluding hydrogens is 372 g/mol. The van der Waals surface area contributed by atoms with Crippen molar-refractivity contribution in [3.05, 3.63) is 78.0 Å². The van der Waals surface area contributed by atoms with Crippen molar-refractivity contribution in [1.29, 1.82) is 0 Å². The lowest BCUT2D eigenvalue weighted by atomic mass is 10.0. The third-order valence-electron chi connectivity index (χ3n) is 4.62. The first kappa shape index (κ1) is 18.2. The number of hydrogen-bond donors (Lipinski definition) is 2.